The zero-order chi connectivity index (χ0) is 41.0. The van der Waals surface area contributed by atoms with Crippen molar-refractivity contribution < 1.29 is 88.6 Å². The Labute approximate surface area is 310 Å². The van der Waals surface area contributed by atoms with Crippen LogP contribution in [0.5, 0.6) is 34.5 Å². The maximum Gasteiger partial charge on any atom is 0.349 e. The molecule has 4 atom stereocenters. The summed E-state index contributed by atoms with van der Waals surface area (Å²) in [4.78, 5) is 77.1. The molecule has 0 unspecified atom stereocenters. The lowest BCUT2D eigenvalue weighted by atomic mass is 10.0. The van der Waals surface area contributed by atoms with E-state index in [0.29, 0.717) is 18.2 Å². The van der Waals surface area contributed by atoms with Crippen LogP contribution in [0.1, 0.15) is 30.5 Å². The van der Waals surface area contributed by atoms with Gasteiger partial charge in [0, 0.05) is 18.2 Å². The molecule has 0 aliphatic rings. The first-order chi connectivity index (χ1) is 25.9. The van der Waals surface area contributed by atoms with Crippen LogP contribution in [-0.2, 0) is 47.7 Å². The van der Waals surface area contributed by atoms with Crippen molar-refractivity contribution in [2.24, 2.45) is 5.92 Å². The van der Waals surface area contributed by atoms with Crippen LogP contribution in [0.3, 0.4) is 0 Å². The van der Waals surface area contributed by atoms with Crippen molar-refractivity contribution in [3.8, 4) is 34.5 Å². The summed E-state index contributed by atoms with van der Waals surface area (Å²) in [6.07, 6.45) is -5.47. The lowest BCUT2D eigenvalue weighted by Gasteiger charge is -2.32. The fourth-order valence-electron chi connectivity index (χ4n) is 4.32. The standard InChI is InChI=1S/C37H34O18/c1-18(2)37(51)55-34(36(49)50)32(53-29(45)13-7-20-4-10-23(39)26(42)16-20)31(52-28(44)12-6-19-3-9-22(38)25(41)15-19)33(35(47)48)54-30(46)14-8-21-5-11-24(40)27(43)17-21/h3-18,31-34,38-43H,1-2H3,(H,47,48)(H,49,50)/b12-6+,13-7+,14-8+/t31-,32+,33-,34-/m0/s1. The second-order valence-electron chi connectivity index (χ2n) is 11.6. The van der Waals surface area contributed by atoms with E-state index in [9.17, 15) is 69.6 Å². The van der Waals surface area contributed by atoms with E-state index in [1.165, 1.54) is 32.0 Å². The minimum atomic E-state index is -2.70. The summed E-state index contributed by atoms with van der Waals surface area (Å²) in [7, 11) is 0. The number of carbonyl (C=O) groups is 6. The summed E-state index contributed by atoms with van der Waals surface area (Å²) in [5, 5.41) is 78.3. The largest absolute Gasteiger partial charge is 0.504 e. The summed E-state index contributed by atoms with van der Waals surface area (Å²) in [5.74, 6) is -13.9. The van der Waals surface area contributed by atoms with Crippen LogP contribution >= 0.6 is 0 Å². The van der Waals surface area contributed by atoms with E-state index in [0.717, 1.165) is 54.6 Å². The summed E-state index contributed by atoms with van der Waals surface area (Å²) in [5.41, 5.74) is 0.307. The molecular formula is C37H34O18. The highest BCUT2D eigenvalue weighted by Gasteiger charge is 2.50. The van der Waals surface area contributed by atoms with E-state index >= 15 is 0 Å². The minimum Gasteiger partial charge on any atom is -0.504 e. The lowest BCUT2D eigenvalue weighted by molar-refractivity contribution is -0.205. The Hall–Kier alpha value is -7.50. The Morgan fingerprint density at radius 3 is 1.07 bits per heavy atom. The number of rotatable bonds is 16. The molecule has 0 amide bonds. The first kappa shape index (κ1) is 41.9. The monoisotopic (exact) mass is 766 g/mol. The number of aromatic hydroxyl groups is 6. The normalized spacial score (nSPS) is 13.6. The second kappa shape index (κ2) is 18.8. The van der Waals surface area contributed by atoms with E-state index in [1.807, 2.05) is 0 Å². The smallest absolute Gasteiger partial charge is 0.349 e. The van der Waals surface area contributed by atoms with E-state index in [4.69, 9.17) is 18.9 Å². The van der Waals surface area contributed by atoms with Crippen molar-refractivity contribution in [2.45, 2.75) is 38.3 Å². The molecule has 0 aliphatic heterocycles. The van der Waals surface area contributed by atoms with Gasteiger partial charge in [0.05, 0.1) is 5.92 Å². The van der Waals surface area contributed by atoms with Crippen LogP contribution < -0.4 is 0 Å². The molecule has 290 valence electrons. The highest BCUT2D eigenvalue weighted by atomic mass is 16.6. The lowest BCUT2D eigenvalue weighted by Crippen LogP contribution is -2.56. The topological polar surface area (TPSA) is 301 Å². The second-order valence-corrected chi connectivity index (χ2v) is 11.6. The van der Waals surface area contributed by atoms with Crippen LogP contribution in [0.25, 0.3) is 18.2 Å². The summed E-state index contributed by atoms with van der Waals surface area (Å²) in [6.45, 7) is 2.62. The third-order valence-corrected chi connectivity index (χ3v) is 7.10. The van der Waals surface area contributed by atoms with E-state index in [-0.39, 0.29) is 16.7 Å². The Kier molecular flexibility index (Phi) is 14.4. The Morgan fingerprint density at radius 2 is 0.782 bits per heavy atom. The third kappa shape index (κ3) is 12.3. The highest BCUT2D eigenvalue weighted by molar-refractivity contribution is 5.91. The van der Waals surface area contributed by atoms with Crippen molar-refractivity contribution in [1.29, 1.82) is 0 Å². The van der Waals surface area contributed by atoms with Gasteiger partial charge in [0.1, 0.15) is 0 Å². The van der Waals surface area contributed by atoms with Crippen molar-refractivity contribution in [2.75, 3.05) is 0 Å². The van der Waals surface area contributed by atoms with Crippen LogP contribution in [0, 0.1) is 5.92 Å². The van der Waals surface area contributed by atoms with Gasteiger partial charge in [-0.3, -0.25) is 4.79 Å². The van der Waals surface area contributed by atoms with Gasteiger partial charge in [0.15, 0.2) is 46.7 Å². The number of carbonyl (C=O) groups excluding carboxylic acids is 4. The Balaban J connectivity index is 2.12. The molecule has 55 heavy (non-hydrogen) atoms. The molecule has 0 heterocycles. The highest BCUT2D eigenvalue weighted by Crippen LogP contribution is 2.28. The number of ether oxygens (including phenoxy) is 4. The average Bonchev–Trinajstić information content (AvgIpc) is 3.12. The number of hydrogen-bond donors (Lipinski definition) is 8. The van der Waals surface area contributed by atoms with Crippen LogP contribution in [0.2, 0.25) is 0 Å². The van der Waals surface area contributed by atoms with Crippen LogP contribution in [0.15, 0.2) is 72.8 Å². The Bertz CT molecular complexity index is 2030. The zero-order valence-corrected chi connectivity index (χ0v) is 28.7. The van der Waals surface area contributed by atoms with Crippen molar-refractivity contribution >= 4 is 54.0 Å². The van der Waals surface area contributed by atoms with Crippen LogP contribution in [-0.4, -0.2) is 101 Å². The quantitative estimate of drug-likeness (QED) is 0.0450. The molecule has 3 aromatic carbocycles. The molecule has 18 heteroatoms. The fraction of sp³-hybridized carbons (Fsp3) is 0.189. The van der Waals surface area contributed by atoms with Gasteiger partial charge in [-0.1, -0.05) is 32.0 Å². The predicted octanol–water partition coefficient (Wildman–Crippen LogP) is 2.83. The van der Waals surface area contributed by atoms with Gasteiger partial charge in [-0.2, -0.15) is 0 Å². The number of hydrogen-bond acceptors (Lipinski definition) is 16. The van der Waals surface area contributed by atoms with Gasteiger partial charge in [0.25, 0.3) is 0 Å². The van der Waals surface area contributed by atoms with Crippen molar-refractivity contribution in [1.82, 2.24) is 0 Å². The average molecular weight is 767 g/mol. The zero-order valence-electron chi connectivity index (χ0n) is 28.7. The summed E-state index contributed by atoms with van der Waals surface area (Å²) < 4.78 is 20.6. The molecule has 0 spiro atoms. The minimum absolute atomic E-state index is 0.0954. The molecule has 8 N–H and O–H groups in total. The SMILES string of the molecule is CC(C)C(=O)O[C@H](C(=O)O)[C@H](OC(=O)/C=C/c1ccc(O)c(O)c1)[C@H](OC(=O)/C=C/c1ccc(O)c(O)c1)[C@H](OC(=O)/C=C/c1ccc(O)c(O)c1)C(=O)O. The van der Waals surface area contributed by atoms with Gasteiger partial charge in [-0.05, 0) is 71.3 Å². The van der Waals surface area contributed by atoms with Crippen molar-refractivity contribution in [3.05, 3.63) is 89.5 Å². The number of aliphatic carboxylic acids is 2. The van der Waals surface area contributed by atoms with Gasteiger partial charge in [0.2, 0.25) is 12.2 Å². The van der Waals surface area contributed by atoms with Gasteiger partial charge in [-0.15, -0.1) is 0 Å². The van der Waals surface area contributed by atoms with Gasteiger partial charge >= 0.3 is 35.8 Å². The number of esters is 4. The fourth-order valence-corrected chi connectivity index (χ4v) is 4.32. The first-order valence-corrected chi connectivity index (χ1v) is 15.7. The van der Waals surface area contributed by atoms with Crippen LogP contribution in [0.4, 0.5) is 0 Å². The van der Waals surface area contributed by atoms with Crippen molar-refractivity contribution in [3.63, 3.8) is 0 Å². The molecule has 3 rings (SSSR count). The predicted molar refractivity (Wildman–Crippen MR) is 186 cm³/mol. The maximum absolute atomic E-state index is 13.2. The molecule has 0 saturated carbocycles. The molecule has 0 aromatic heterocycles. The molecule has 0 fully saturated rings. The summed E-state index contributed by atoms with van der Waals surface area (Å²) >= 11 is 0. The van der Waals surface area contributed by atoms with E-state index < -0.39 is 101 Å². The Morgan fingerprint density at radius 1 is 0.473 bits per heavy atom. The first-order valence-electron chi connectivity index (χ1n) is 15.7. The maximum atomic E-state index is 13.2. The molecular weight excluding hydrogens is 732 g/mol. The molecule has 0 radical (unpaired) electrons. The van der Waals surface area contributed by atoms with E-state index in [1.54, 1.807) is 0 Å². The summed E-state index contributed by atoms with van der Waals surface area (Å²) in [6, 6.07) is 10.0. The van der Waals surface area contributed by atoms with Gasteiger partial charge < -0.3 is 59.8 Å². The number of carboxylic acid groups (broad SMARTS) is 2. The number of carboxylic acids is 2. The molecule has 0 saturated heterocycles. The van der Waals surface area contributed by atoms with E-state index in [2.05, 4.69) is 0 Å². The molecule has 0 aliphatic carbocycles. The van der Waals surface area contributed by atoms with Gasteiger partial charge in [-0.25, -0.2) is 24.0 Å². The number of benzene rings is 3. The molecule has 3 aromatic rings. The molecule has 0 bridgehead atoms. The number of phenols is 6. The number of phenolic OH excluding ortho intramolecular Hbond substituents is 6. The third-order valence-electron chi connectivity index (χ3n) is 7.10. The molecule has 18 nitrogen and oxygen atoms in total.